The number of nitrogens with zero attached hydrogens (tertiary/aromatic N) is 1. The third-order valence-electron chi connectivity index (χ3n) is 7.00. The van der Waals surface area contributed by atoms with E-state index < -0.39 is 13.9 Å². The molecule has 2 saturated heterocycles. The van der Waals surface area contributed by atoms with Crippen molar-refractivity contribution < 1.29 is 18.7 Å². The van der Waals surface area contributed by atoms with Gasteiger partial charge in [-0.2, -0.15) is 0 Å². The second kappa shape index (κ2) is 10.1. The van der Waals surface area contributed by atoms with Crippen LogP contribution < -0.4 is 10.4 Å². The van der Waals surface area contributed by atoms with Gasteiger partial charge in [-0.1, -0.05) is 81.4 Å². The van der Waals surface area contributed by atoms with Crippen LogP contribution in [0.3, 0.4) is 0 Å². The Bertz CT molecular complexity index is 940. The lowest BCUT2D eigenvalue weighted by Crippen LogP contribution is -2.69. The van der Waals surface area contributed by atoms with Crippen LogP contribution in [0.4, 0.5) is 4.79 Å². The molecule has 1 amide bonds. The number of piperidine rings is 1. The van der Waals surface area contributed by atoms with Gasteiger partial charge in [-0.3, -0.25) is 0 Å². The third kappa shape index (κ3) is 5.82. The summed E-state index contributed by atoms with van der Waals surface area (Å²) in [6, 6.07) is 21.4. The zero-order valence-electron chi connectivity index (χ0n) is 22.1. The fraction of sp³-hybridized carbons (Fsp3) is 0.552. The van der Waals surface area contributed by atoms with Gasteiger partial charge in [0, 0.05) is 6.54 Å². The van der Waals surface area contributed by atoms with Crippen LogP contribution >= 0.6 is 0 Å². The summed E-state index contributed by atoms with van der Waals surface area (Å²) in [5.74, 6) is 0. The molecule has 3 atom stereocenters. The molecule has 6 heteroatoms. The predicted molar refractivity (Wildman–Crippen MR) is 143 cm³/mol. The Morgan fingerprint density at radius 3 is 1.97 bits per heavy atom. The first-order chi connectivity index (χ1) is 16.5. The first kappa shape index (κ1) is 25.9. The Balaban J connectivity index is 1.76. The number of hydrogen-bond acceptors (Lipinski definition) is 4. The van der Waals surface area contributed by atoms with E-state index in [2.05, 4.69) is 81.4 Å². The van der Waals surface area contributed by atoms with E-state index in [9.17, 15) is 4.79 Å². The molecule has 5 nitrogen and oxygen atoms in total. The van der Waals surface area contributed by atoms with Crippen molar-refractivity contribution in [2.24, 2.45) is 0 Å². The number of carbonyl (C=O) groups is 1. The molecule has 0 N–H and O–H groups in total. The number of epoxide rings is 1. The van der Waals surface area contributed by atoms with Gasteiger partial charge in [0.25, 0.3) is 8.32 Å². The van der Waals surface area contributed by atoms with Gasteiger partial charge >= 0.3 is 6.09 Å². The summed E-state index contributed by atoms with van der Waals surface area (Å²) in [5, 5.41) is 2.40. The van der Waals surface area contributed by atoms with Crippen molar-refractivity contribution in [3.05, 3.63) is 60.7 Å². The van der Waals surface area contributed by atoms with Crippen molar-refractivity contribution in [3.63, 3.8) is 0 Å². The van der Waals surface area contributed by atoms with Crippen molar-refractivity contribution in [1.29, 1.82) is 0 Å². The summed E-state index contributed by atoms with van der Waals surface area (Å²) in [6.45, 7) is 14.1. The monoisotopic (exact) mass is 495 g/mol. The van der Waals surface area contributed by atoms with Gasteiger partial charge in [0.05, 0.1) is 24.9 Å². The van der Waals surface area contributed by atoms with Crippen molar-refractivity contribution in [1.82, 2.24) is 4.90 Å². The first-order valence-corrected chi connectivity index (χ1v) is 14.8. The van der Waals surface area contributed by atoms with E-state index in [1.54, 1.807) is 0 Å². The minimum absolute atomic E-state index is 0.0762. The number of amides is 1. The molecule has 2 aromatic carbocycles. The number of ether oxygens (including phenoxy) is 2. The minimum atomic E-state index is -2.74. The smallest absolute Gasteiger partial charge is 0.410 e. The molecule has 0 saturated carbocycles. The van der Waals surface area contributed by atoms with Crippen LogP contribution in [-0.4, -0.2) is 56.3 Å². The fourth-order valence-corrected chi connectivity index (χ4v) is 10.1. The maximum absolute atomic E-state index is 13.3. The Kier molecular flexibility index (Phi) is 7.46. The lowest BCUT2D eigenvalue weighted by Gasteiger charge is -2.49. The number of likely N-dealkylation sites (tertiary alicyclic amines) is 1. The number of benzene rings is 2. The summed E-state index contributed by atoms with van der Waals surface area (Å²) in [4.78, 5) is 15.2. The minimum Gasteiger partial charge on any atom is -0.444 e. The van der Waals surface area contributed by atoms with E-state index in [1.807, 2.05) is 25.7 Å². The molecule has 2 heterocycles. The molecule has 0 radical (unpaired) electrons. The molecule has 190 valence electrons. The van der Waals surface area contributed by atoms with Gasteiger partial charge in [-0.15, -0.1) is 0 Å². The van der Waals surface area contributed by atoms with E-state index in [4.69, 9.17) is 13.9 Å². The zero-order chi connectivity index (χ0) is 25.3. The Labute approximate surface area is 211 Å². The highest BCUT2D eigenvalue weighted by atomic mass is 28.4. The second-order valence-electron chi connectivity index (χ2n) is 11.9. The van der Waals surface area contributed by atoms with Crippen molar-refractivity contribution >= 4 is 24.8 Å². The molecule has 2 aromatic rings. The summed E-state index contributed by atoms with van der Waals surface area (Å²) in [5.41, 5.74) is -0.538. The third-order valence-corrected chi connectivity index (χ3v) is 12.1. The van der Waals surface area contributed by atoms with E-state index in [1.165, 1.54) is 10.4 Å². The largest absolute Gasteiger partial charge is 0.444 e. The maximum atomic E-state index is 13.3. The maximum Gasteiger partial charge on any atom is 0.410 e. The normalized spacial score (nSPS) is 23.1. The van der Waals surface area contributed by atoms with Gasteiger partial charge in [0.15, 0.2) is 0 Å². The van der Waals surface area contributed by atoms with Crippen LogP contribution in [0.15, 0.2) is 60.7 Å². The van der Waals surface area contributed by atoms with Gasteiger partial charge in [-0.25, -0.2) is 4.79 Å². The van der Waals surface area contributed by atoms with Crippen LogP contribution in [0.5, 0.6) is 0 Å². The van der Waals surface area contributed by atoms with E-state index >= 15 is 0 Å². The number of carbonyl (C=O) groups excluding carboxylic acids is 1. The average Bonchev–Trinajstić information content (AvgIpc) is 3.61. The summed E-state index contributed by atoms with van der Waals surface area (Å²) in [6.07, 6.45) is 2.44. The molecule has 2 fully saturated rings. The molecule has 4 rings (SSSR count). The van der Waals surface area contributed by atoms with Crippen LogP contribution in [0.2, 0.25) is 5.04 Å². The van der Waals surface area contributed by atoms with Crippen LogP contribution in [-0.2, 0) is 13.9 Å². The fourth-order valence-electron chi connectivity index (χ4n) is 5.38. The zero-order valence-corrected chi connectivity index (χ0v) is 23.1. The topological polar surface area (TPSA) is 51.3 Å². The molecule has 2 aliphatic rings. The van der Waals surface area contributed by atoms with E-state index in [0.29, 0.717) is 6.54 Å². The average molecular weight is 496 g/mol. The standard InChI is InChI=1S/C29H41NO4Si/c1-28(2,3)33-27(31)30-19-13-18-26(25(30)20-22-21-32-22)34-35(29(4,5)6,23-14-9-7-10-15-23)24-16-11-8-12-17-24/h7-12,14-17,22,25-26H,13,18-21H2,1-6H3/t22?,25-,26+/m0/s1. The molecule has 0 aromatic heterocycles. The first-order valence-electron chi connectivity index (χ1n) is 12.9. The molecule has 0 bridgehead atoms. The van der Waals surface area contributed by atoms with E-state index in [-0.39, 0.29) is 29.4 Å². The van der Waals surface area contributed by atoms with Gasteiger partial charge in [0.2, 0.25) is 0 Å². The van der Waals surface area contributed by atoms with E-state index in [0.717, 1.165) is 25.9 Å². The summed E-state index contributed by atoms with van der Waals surface area (Å²) in [7, 11) is -2.74. The molecule has 2 aliphatic heterocycles. The Morgan fingerprint density at radius 2 is 1.51 bits per heavy atom. The van der Waals surface area contributed by atoms with Crippen molar-refractivity contribution in [3.8, 4) is 0 Å². The molecular weight excluding hydrogens is 454 g/mol. The second-order valence-corrected chi connectivity index (χ2v) is 16.1. The number of rotatable bonds is 6. The highest BCUT2D eigenvalue weighted by Gasteiger charge is 2.53. The molecular formula is C29H41NO4Si. The Hall–Kier alpha value is -2.15. The van der Waals surface area contributed by atoms with Gasteiger partial charge < -0.3 is 18.8 Å². The lowest BCUT2D eigenvalue weighted by atomic mass is 9.95. The van der Waals surface area contributed by atoms with Crippen LogP contribution in [0.1, 0.15) is 60.8 Å². The SMILES string of the molecule is CC(C)(C)OC(=O)N1CCC[C@@H](O[Si](c2ccccc2)(c2ccccc2)C(C)(C)C)[C@@H]1CC1CO1. The highest BCUT2D eigenvalue weighted by molar-refractivity contribution is 6.99. The van der Waals surface area contributed by atoms with Crippen molar-refractivity contribution in [2.75, 3.05) is 13.2 Å². The highest BCUT2D eigenvalue weighted by Crippen LogP contribution is 2.40. The summed E-state index contributed by atoms with van der Waals surface area (Å²) < 4.78 is 19.0. The van der Waals surface area contributed by atoms with Gasteiger partial charge in [0.1, 0.15) is 5.60 Å². The number of hydrogen-bond donors (Lipinski definition) is 0. The summed E-state index contributed by atoms with van der Waals surface area (Å²) >= 11 is 0. The van der Waals surface area contributed by atoms with Crippen LogP contribution in [0, 0.1) is 0 Å². The van der Waals surface area contributed by atoms with Crippen LogP contribution in [0.25, 0.3) is 0 Å². The molecule has 0 aliphatic carbocycles. The Morgan fingerprint density at radius 1 is 0.971 bits per heavy atom. The van der Waals surface area contributed by atoms with Crippen molar-refractivity contribution in [2.45, 2.75) is 89.7 Å². The molecule has 35 heavy (non-hydrogen) atoms. The molecule has 1 unspecified atom stereocenters. The lowest BCUT2D eigenvalue weighted by molar-refractivity contribution is -0.0218. The molecule has 0 spiro atoms. The predicted octanol–water partition coefficient (Wildman–Crippen LogP) is 5.12. The van der Waals surface area contributed by atoms with Gasteiger partial charge in [-0.05, 0) is 55.4 Å². The quantitative estimate of drug-likeness (QED) is 0.412.